The monoisotopic (exact) mass is 691 g/mol. The summed E-state index contributed by atoms with van der Waals surface area (Å²) < 4.78 is 1.77. The minimum atomic E-state index is -1.07. The second-order valence-corrected chi connectivity index (χ2v) is 8.48. The average molecular weight is 691 g/mol. The predicted molar refractivity (Wildman–Crippen MR) is 118 cm³/mol. The Balaban J connectivity index is 3.45. The van der Waals surface area contributed by atoms with E-state index in [-0.39, 0.29) is 19.7 Å². The number of nitrogens with two attached hydrogens (primary N) is 2. The van der Waals surface area contributed by atoms with Gasteiger partial charge in [0, 0.05) is 29.4 Å². The molecule has 0 saturated carbocycles. The second-order valence-electron chi connectivity index (χ2n) is 5.24. The largest absolute Gasteiger partial charge is 0.394 e. The van der Waals surface area contributed by atoms with Crippen LogP contribution in [0, 0.1) is 10.7 Å². The summed E-state index contributed by atoms with van der Waals surface area (Å²) in [7, 11) is 0. The number of aliphatic hydroxyl groups is 4. The fourth-order valence-electron chi connectivity index (χ4n) is 2.07. The number of amides is 1. The molecule has 25 heavy (non-hydrogen) atoms. The lowest BCUT2D eigenvalue weighted by Gasteiger charge is -2.25. The molecule has 8 nitrogen and oxygen atoms in total. The van der Waals surface area contributed by atoms with Gasteiger partial charge in [-0.2, -0.15) is 0 Å². The number of carbonyl (C=O) groups excluding carboxylic acids is 1. The van der Waals surface area contributed by atoms with Crippen LogP contribution in [0.4, 0.5) is 0 Å². The molecular formula is C14H20I3N3O5. The zero-order chi connectivity index (χ0) is 19.3. The fourth-order valence-corrected chi connectivity index (χ4v) is 6.79. The van der Waals surface area contributed by atoms with Crippen LogP contribution in [0.2, 0.25) is 0 Å². The Hall–Kier alpha value is 0.640. The lowest BCUT2D eigenvalue weighted by molar-refractivity contribution is 0.0800. The third kappa shape index (κ3) is 5.56. The number of aliphatic hydroxyl groups excluding tert-OH is 4. The van der Waals surface area contributed by atoms with Gasteiger partial charge < -0.3 is 37.2 Å². The second kappa shape index (κ2) is 10.8. The molecule has 142 valence electrons. The zero-order valence-electron chi connectivity index (χ0n) is 13.0. The highest BCUT2D eigenvalue weighted by atomic mass is 127. The lowest BCUT2D eigenvalue weighted by atomic mass is 9.97. The topological polar surface area (TPSA) is 162 Å². The molecule has 0 aliphatic rings. The van der Waals surface area contributed by atoms with Gasteiger partial charge in [0.2, 0.25) is 0 Å². The van der Waals surface area contributed by atoms with Crippen LogP contribution in [-0.4, -0.2) is 58.2 Å². The maximum Gasteiger partial charge on any atom is 0.253 e. The molecule has 1 rings (SSSR count). The van der Waals surface area contributed by atoms with E-state index >= 15 is 0 Å². The molecule has 0 aromatic heterocycles. The van der Waals surface area contributed by atoms with E-state index in [1.807, 2.05) is 67.8 Å². The summed E-state index contributed by atoms with van der Waals surface area (Å²) in [5.74, 6) is -0.469. The van der Waals surface area contributed by atoms with Crippen LogP contribution in [0.3, 0.4) is 0 Å². The third-order valence-electron chi connectivity index (χ3n) is 3.53. The van der Waals surface area contributed by atoms with E-state index in [1.54, 1.807) is 0 Å². The fraction of sp³-hybridized carbons (Fsp3) is 0.500. The highest BCUT2D eigenvalue weighted by Crippen LogP contribution is 2.35. The molecule has 9 N–H and O–H groups in total. The maximum atomic E-state index is 12.6. The first-order valence-corrected chi connectivity index (χ1v) is 10.5. The first-order valence-electron chi connectivity index (χ1n) is 7.22. The number of hydrogen-bond donors (Lipinski definition) is 7. The van der Waals surface area contributed by atoms with Crippen molar-refractivity contribution in [3.05, 3.63) is 27.4 Å². The van der Waals surface area contributed by atoms with Crippen LogP contribution in [0.5, 0.6) is 0 Å². The molecule has 3 unspecified atom stereocenters. The Bertz CT molecular complexity index is 632. The van der Waals surface area contributed by atoms with Gasteiger partial charge in [0.25, 0.3) is 5.91 Å². The number of carbonyl (C=O) groups is 1. The molecule has 1 amide bonds. The molecular weight excluding hydrogens is 671 g/mol. The van der Waals surface area contributed by atoms with Gasteiger partial charge in [0.05, 0.1) is 37.0 Å². The van der Waals surface area contributed by atoms with Crippen LogP contribution >= 0.6 is 67.8 Å². The quantitative estimate of drug-likeness (QED) is 0.179. The third-order valence-corrected chi connectivity index (χ3v) is 7.07. The molecule has 3 atom stereocenters. The van der Waals surface area contributed by atoms with Crippen molar-refractivity contribution in [1.29, 1.82) is 0 Å². The van der Waals surface area contributed by atoms with Gasteiger partial charge in [0.1, 0.15) is 0 Å². The van der Waals surface area contributed by atoms with E-state index in [4.69, 9.17) is 16.6 Å². The van der Waals surface area contributed by atoms with Crippen LogP contribution in [0.25, 0.3) is 0 Å². The van der Waals surface area contributed by atoms with Crippen molar-refractivity contribution in [1.82, 2.24) is 5.32 Å². The molecule has 1 aromatic carbocycles. The average Bonchev–Trinajstić information content (AvgIpc) is 2.58. The molecule has 11 heteroatoms. The van der Waals surface area contributed by atoms with E-state index in [0.717, 1.165) is 0 Å². The van der Waals surface area contributed by atoms with Gasteiger partial charge in [-0.25, -0.2) is 0 Å². The lowest BCUT2D eigenvalue weighted by Crippen LogP contribution is -2.37. The smallest absolute Gasteiger partial charge is 0.253 e. The minimum absolute atomic E-state index is 0.0437. The van der Waals surface area contributed by atoms with Crippen LogP contribution in [0.1, 0.15) is 27.5 Å². The van der Waals surface area contributed by atoms with Crippen LogP contribution in [-0.2, 0) is 6.61 Å². The molecule has 0 fully saturated rings. The van der Waals surface area contributed by atoms with E-state index in [2.05, 4.69) is 5.32 Å². The van der Waals surface area contributed by atoms with Crippen LogP contribution in [0.15, 0.2) is 0 Å². The molecule has 1 aromatic rings. The first-order chi connectivity index (χ1) is 11.7. The van der Waals surface area contributed by atoms with Crippen molar-refractivity contribution >= 4 is 73.7 Å². The zero-order valence-corrected chi connectivity index (χ0v) is 19.5. The normalized spacial score (nSPS) is 14.9. The molecule has 0 spiro atoms. The van der Waals surface area contributed by atoms with Gasteiger partial charge in [-0.1, -0.05) is 0 Å². The van der Waals surface area contributed by atoms with E-state index in [1.165, 1.54) is 0 Å². The van der Waals surface area contributed by atoms with Crippen molar-refractivity contribution in [2.24, 2.45) is 11.5 Å². The molecule has 0 bridgehead atoms. The summed E-state index contributed by atoms with van der Waals surface area (Å²) in [6.07, 6.45) is -2.07. The predicted octanol–water partition coefficient (Wildman–Crippen LogP) is -0.605. The van der Waals surface area contributed by atoms with Crippen LogP contribution < -0.4 is 16.8 Å². The molecule has 0 saturated heterocycles. The minimum Gasteiger partial charge on any atom is -0.394 e. The molecule has 0 aliphatic carbocycles. The Morgan fingerprint density at radius 1 is 1.12 bits per heavy atom. The van der Waals surface area contributed by atoms with Crippen molar-refractivity contribution in [2.45, 2.75) is 24.9 Å². The number of nitrogens with one attached hydrogen (secondary N) is 1. The molecule has 0 aliphatic heterocycles. The molecule has 0 radical (unpaired) electrons. The number of rotatable bonds is 8. The summed E-state index contributed by atoms with van der Waals surface area (Å²) >= 11 is 5.97. The summed E-state index contributed by atoms with van der Waals surface area (Å²) in [5.41, 5.74) is 13.0. The van der Waals surface area contributed by atoms with Crippen molar-refractivity contribution in [3.63, 3.8) is 0 Å². The highest BCUT2D eigenvalue weighted by molar-refractivity contribution is 14.1. The van der Waals surface area contributed by atoms with E-state index < -0.39 is 30.8 Å². The van der Waals surface area contributed by atoms with E-state index in [0.29, 0.717) is 27.4 Å². The Kier molecular flexibility index (Phi) is 10.3. The summed E-state index contributed by atoms with van der Waals surface area (Å²) in [6.45, 7) is -0.931. The standard InChI is InChI=1S/C14H20I3N3O5/c15-10-6(4-22)11(16)9(14(25)20-2-5(23)3-21)12(17)8(10)13(19)7(24)1-18/h5,7,13,21-24H,1-4,18-19H2,(H,20,25). The summed E-state index contributed by atoms with van der Waals surface area (Å²) in [5, 5.41) is 40.5. The van der Waals surface area contributed by atoms with Gasteiger partial charge in [-0.05, 0) is 73.3 Å². The summed E-state index contributed by atoms with van der Waals surface area (Å²) in [4.78, 5) is 12.6. The first kappa shape index (κ1) is 23.7. The summed E-state index contributed by atoms with van der Waals surface area (Å²) in [6, 6.07) is -0.819. The Morgan fingerprint density at radius 3 is 2.20 bits per heavy atom. The van der Waals surface area contributed by atoms with Gasteiger partial charge in [-0.15, -0.1) is 0 Å². The van der Waals surface area contributed by atoms with Crippen molar-refractivity contribution in [3.8, 4) is 0 Å². The number of halogens is 3. The van der Waals surface area contributed by atoms with Crippen molar-refractivity contribution in [2.75, 3.05) is 19.7 Å². The maximum absolute atomic E-state index is 12.6. The molecule has 0 heterocycles. The SMILES string of the molecule is NCC(O)C(N)c1c(I)c(CO)c(I)c(C(=O)NCC(O)CO)c1I. The Labute approximate surface area is 186 Å². The van der Waals surface area contributed by atoms with Gasteiger partial charge in [0.15, 0.2) is 0 Å². The van der Waals surface area contributed by atoms with E-state index in [9.17, 15) is 20.1 Å². The van der Waals surface area contributed by atoms with Gasteiger partial charge in [-0.3, -0.25) is 4.79 Å². The van der Waals surface area contributed by atoms with Crippen molar-refractivity contribution < 1.29 is 25.2 Å². The Morgan fingerprint density at radius 2 is 1.72 bits per heavy atom. The number of benzene rings is 1. The van der Waals surface area contributed by atoms with Gasteiger partial charge >= 0.3 is 0 Å². The number of hydrogen-bond acceptors (Lipinski definition) is 7. The highest BCUT2D eigenvalue weighted by Gasteiger charge is 2.29.